The van der Waals surface area contributed by atoms with Crippen LogP contribution in [-0.2, 0) is 23.0 Å². The van der Waals surface area contributed by atoms with E-state index in [0.29, 0.717) is 6.42 Å². The number of hydrogen-bond donors (Lipinski definition) is 0. The van der Waals surface area contributed by atoms with Gasteiger partial charge in [0.15, 0.2) is 5.78 Å². The molecule has 0 saturated heterocycles. The van der Waals surface area contributed by atoms with Crippen LogP contribution < -0.4 is 0 Å². The molecule has 0 aliphatic heterocycles. The maximum atomic E-state index is 12.2. The van der Waals surface area contributed by atoms with E-state index in [-0.39, 0.29) is 5.78 Å². The predicted molar refractivity (Wildman–Crippen MR) is 66.9 cm³/mol. The molecule has 17 heavy (non-hydrogen) atoms. The highest BCUT2D eigenvalue weighted by Gasteiger charge is 2.33. The van der Waals surface area contributed by atoms with Gasteiger partial charge in [0.2, 0.25) is 0 Å². The van der Waals surface area contributed by atoms with Gasteiger partial charge in [0.25, 0.3) is 0 Å². The number of methoxy groups -OCH3 is 1. The lowest BCUT2D eigenvalue weighted by Crippen LogP contribution is -2.39. The van der Waals surface area contributed by atoms with Crippen molar-refractivity contribution in [1.29, 1.82) is 0 Å². The summed E-state index contributed by atoms with van der Waals surface area (Å²) in [5.74, 6) is 0.189. The fourth-order valence-electron chi connectivity index (χ4n) is 2.13. The van der Waals surface area contributed by atoms with Gasteiger partial charge in [-0.1, -0.05) is 13.8 Å². The van der Waals surface area contributed by atoms with Crippen LogP contribution in [0, 0.1) is 0 Å². The Morgan fingerprint density at radius 1 is 1.47 bits per heavy atom. The van der Waals surface area contributed by atoms with E-state index >= 15 is 0 Å². The molecule has 0 N–H and O–H groups in total. The zero-order chi connectivity index (χ0) is 12.9. The Balaban J connectivity index is 2.59. The summed E-state index contributed by atoms with van der Waals surface area (Å²) in [6.45, 7) is 3.99. The summed E-state index contributed by atoms with van der Waals surface area (Å²) < 4.78 is 7.17. The number of hydrogen-bond acceptors (Lipinski definition) is 3. The van der Waals surface area contributed by atoms with Crippen molar-refractivity contribution in [3.63, 3.8) is 0 Å². The summed E-state index contributed by atoms with van der Waals surface area (Å²) in [5.41, 5.74) is 0.500. The molecule has 4 heteroatoms. The predicted octanol–water partition coefficient (Wildman–Crippen LogP) is 2.13. The van der Waals surface area contributed by atoms with E-state index in [1.807, 2.05) is 27.1 Å². The molecule has 0 aliphatic rings. The first-order valence-corrected chi connectivity index (χ1v) is 6.14. The Morgan fingerprint density at radius 2 is 2.12 bits per heavy atom. The first kappa shape index (κ1) is 13.9. The van der Waals surface area contributed by atoms with Crippen LogP contribution in [0.3, 0.4) is 0 Å². The molecular weight excluding hydrogens is 216 g/mol. The molecule has 0 fully saturated rings. The first-order valence-electron chi connectivity index (χ1n) is 6.14. The molecule has 0 saturated carbocycles. The topological polar surface area (TPSA) is 44.1 Å². The van der Waals surface area contributed by atoms with Gasteiger partial charge >= 0.3 is 0 Å². The maximum absolute atomic E-state index is 12.2. The summed E-state index contributed by atoms with van der Waals surface area (Å²) in [6.07, 6.45) is 6.45. The number of aryl methyl sites for hydroxylation is 2. The number of carbonyl (C=O) groups is 1. The summed E-state index contributed by atoms with van der Waals surface area (Å²) in [6, 6.07) is 0. The number of Topliss-reactive ketones (excluding diaryl/α,β-unsaturated/α-hetero) is 1. The van der Waals surface area contributed by atoms with E-state index in [1.165, 1.54) is 0 Å². The summed E-state index contributed by atoms with van der Waals surface area (Å²) in [4.78, 5) is 12.2. The summed E-state index contributed by atoms with van der Waals surface area (Å²) in [7, 11) is 3.50. The molecule has 0 radical (unpaired) electrons. The molecule has 0 unspecified atom stereocenters. The Morgan fingerprint density at radius 3 is 2.53 bits per heavy atom. The van der Waals surface area contributed by atoms with Gasteiger partial charge < -0.3 is 4.74 Å². The highest BCUT2D eigenvalue weighted by atomic mass is 16.5. The number of ether oxygens (including phenoxy) is 1. The fraction of sp³-hybridized carbons (Fsp3) is 0.692. The SMILES string of the molecule is CCC(CC)(OC)C(=O)CCc1cnn(C)c1. The van der Waals surface area contributed by atoms with Crippen molar-refractivity contribution in [3.8, 4) is 0 Å². The van der Waals surface area contributed by atoms with Crippen LogP contribution in [-0.4, -0.2) is 28.3 Å². The van der Waals surface area contributed by atoms with Crippen LogP contribution >= 0.6 is 0 Å². The lowest BCUT2D eigenvalue weighted by Gasteiger charge is -2.28. The first-order chi connectivity index (χ1) is 8.07. The van der Waals surface area contributed by atoms with Crippen LogP contribution in [0.2, 0.25) is 0 Å². The number of carbonyl (C=O) groups excluding carboxylic acids is 1. The Bertz CT molecular complexity index is 359. The third kappa shape index (κ3) is 3.16. The van der Waals surface area contributed by atoms with E-state index in [2.05, 4.69) is 5.10 Å². The van der Waals surface area contributed by atoms with Crippen molar-refractivity contribution in [2.75, 3.05) is 7.11 Å². The lowest BCUT2D eigenvalue weighted by atomic mass is 9.89. The van der Waals surface area contributed by atoms with E-state index in [0.717, 1.165) is 24.8 Å². The van der Waals surface area contributed by atoms with Gasteiger partial charge in [0.05, 0.1) is 6.20 Å². The smallest absolute Gasteiger partial charge is 0.164 e. The van der Waals surface area contributed by atoms with Crippen LogP contribution in [0.15, 0.2) is 12.4 Å². The van der Waals surface area contributed by atoms with Gasteiger partial charge in [0, 0.05) is 26.8 Å². The van der Waals surface area contributed by atoms with E-state index in [9.17, 15) is 4.79 Å². The van der Waals surface area contributed by atoms with Crippen molar-refractivity contribution in [2.45, 2.75) is 45.1 Å². The second kappa shape index (κ2) is 5.96. The van der Waals surface area contributed by atoms with Crippen molar-refractivity contribution < 1.29 is 9.53 Å². The standard InChI is InChI=1S/C13H22N2O2/c1-5-13(6-2,17-4)12(16)8-7-11-9-14-15(3)10-11/h9-10H,5-8H2,1-4H3. The zero-order valence-corrected chi connectivity index (χ0v) is 11.2. The molecule has 0 amide bonds. The highest BCUT2D eigenvalue weighted by molar-refractivity contribution is 5.87. The quantitative estimate of drug-likeness (QED) is 0.731. The fourth-order valence-corrected chi connectivity index (χ4v) is 2.13. The van der Waals surface area contributed by atoms with Gasteiger partial charge in [-0.15, -0.1) is 0 Å². The van der Waals surface area contributed by atoms with Crippen LogP contribution in [0.25, 0.3) is 0 Å². The second-order valence-electron chi connectivity index (χ2n) is 4.35. The number of ketones is 1. The molecule has 1 heterocycles. The second-order valence-corrected chi connectivity index (χ2v) is 4.35. The molecule has 1 aromatic heterocycles. The van der Waals surface area contributed by atoms with Gasteiger partial charge in [-0.2, -0.15) is 5.10 Å². The molecule has 0 atom stereocenters. The largest absolute Gasteiger partial charge is 0.370 e. The number of aromatic nitrogens is 2. The molecule has 96 valence electrons. The third-order valence-electron chi connectivity index (χ3n) is 3.44. The molecule has 0 aromatic carbocycles. The Kier molecular flexibility index (Phi) is 4.87. The average molecular weight is 238 g/mol. The van der Waals surface area contributed by atoms with Crippen LogP contribution in [0.5, 0.6) is 0 Å². The minimum Gasteiger partial charge on any atom is -0.370 e. The van der Waals surface area contributed by atoms with Gasteiger partial charge in [-0.05, 0) is 24.8 Å². The van der Waals surface area contributed by atoms with Crippen molar-refractivity contribution in [1.82, 2.24) is 9.78 Å². The minimum absolute atomic E-state index is 0.189. The number of nitrogens with zero attached hydrogens (tertiary/aromatic N) is 2. The molecular formula is C13H22N2O2. The Labute approximate surface area is 103 Å². The highest BCUT2D eigenvalue weighted by Crippen LogP contribution is 2.23. The lowest BCUT2D eigenvalue weighted by molar-refractivity contribution is -0.142. The molecule has 1 rings (SSSR count). The molecule has 0 bridgehead atoms. The normalized spacial score (nSPS) is 11.8. The molecule has 0 aliphatic carbocycles. The van der Waals surface area contributed by atoms with Crippen molar-refractivity contribution in [2.24, 2.45) is 7.05 Å². The minimum atomic E-state index is -0.595. The third-order valence-corrected chi connectivity index (χ3v) is 3.44. The van der Waals surface area contributed by atoms with Gasteiger partial charge in [-0.25, -0.2) is 0 Å². The molecule has 0 spiro atoms. The van der Waals surface area contributed by atoms with Crippen molar-refractivity contribution >= 4 is 5.78 Å². The maximum Gasteiger partial charge on any atom is 0.164 e. The van der Waals surface area contributed by atoms with E-state index in [1.54, 1.807) is 18.0 Å². The van der Waals surface area contributed by atoms with Crippen LogP contribution in [0.1, 0.15) is 38.7 Å². The zero-order valence-electron chi connectivity index (χ0n) is 11.2. The summed E-state index contributed by atoms with van der Waals surface area (Å²) in [5, 5.41) is 4.09. The number of rotatable bonds is 7. The average Bonchev–Trinajstić information content (AvgIpc) is 2.75. The monoisotopic (exact) mass is 238 g/mol. The van der Waals surface area contributed by atoms with Gasteiger partial charge in [-0.3, -0.25) is 9.48 Å². The molecule has 4 nitrogen and oxygen atoms in total. The summed E-state index contributed by atoms with van der Waals surface area (Å²) >= 11 is 0. The van der Waals surface area contributed by atoms with Crippen molar-refractivity contribution in [3.05, 3.63) is 18.0 Å². The van der Waals surface area contributed by atoms with E-state index < -0.39 is 5.60 Å². The Hall–Kier alpha value is -1.16. The van der Waals surface area contributed by atoms with Gasteiger partial charge in [0.1, 0.15) is 5.60 Å². The van der Waals surface area contributed by atoms with E-state index in [4.69, 9.17) is 4.74 Å². The molecule has 1 aromatic rings. The van der Waals surface area contributed by atoms with Crippen LogP contribution in [0.4, 0.5) is 0 Å².